The Kier molecular flexibility index (Phi) is 4.00. The molecule has 0 aliphatic rings. The number of hydrogen-bond acceptors (Lipinski definition) is 4. The predicted octanol–water partition coefficient (Wildman–Crippen LogP) is 1.55. The normalized spacial score (nSPS) is 11.1. The van der Waals surface area contributed by atoms with Gasteiger partial charge in [0.25, 0.3) is 0 Å². The van der Waals surface area contributed by atoms with Crippen molar-refractivity contribution in [2.75, 3.05) is 17.6 Å². The Morgan fingerprint density at radius 2 is 2.12 bits per heavy atom. The zero-order valence-electron chi connectivity index (χ0n) is 9.23. The van der Waals surface area contributed by atoms with E-state index in [9.17, 15) is 13.5 Å². The molecule has 2 N–H and O–H groups in total. The van der Waals surface area contributed by atoms with E-state index in [1.165, 1.54) is 25.3 Å². The monoisotopic (exact) mass is 245 g/mol. The Morgan fingerprint density at radius 1 is 1.44 bits per heavy atom. The summed E-state index contributed by atoms with van der Waals surface area (Å²) in [6.45, 7) is 1.78. The summed E-state index contributed by atoms with van der Waals surface area (Å²) in [5.74, 6) is 0.261. The first-order valence-electron chi connectivity index (χ1n) is 4.86. The molecule has 0 heterocycles. The van der Waals surface area contributed by atoms with E-state index in [0.717, 1.165) is 0 Å². The lowest BCUT2D eigenvalue weighted by Gasteiger charge is -2.09. The van der Waals surface area contributed by atoms with E-state index >= 15 is 0 Å². The first kappa shape index (κ1) is 12.6. The minimum absolute atomic E-state index is 0.0553. The number of nitrogens with one attached hydrogen (secondary N) is 1. The highest BCUT2D eigenvalue weighted by atomic mass is 32.2. The molecule has 5 nitrogen and oxygen atoms in total. The second-order valence-electron chi connectivity index (χ2n) is 3.31. The highest BCUT2D eigenvalue weighted by molar-refractivity contribution is 7.92. The van der Waals surface area contributed by atoms with Crippen LogP contribution in [0, 0.1) is 0 Å². The molecule has 0 bridgehead atoms. The number of phenols is 1. The molecule has 0 saturated heterocycles. The molecule has 0 fully saturated rings. The van der Waals surface area contributed by atoms with E-state index < -0.39 is 10.0 Å². The van der Waals surface area contributed by atoms with Gasteiger partial charge in [-0.2, -0.15) is 0 Å². The lowest BCUT2D eigenvalue weighted by Crippen LogP contribution is -2.15. The largest absolute Gasteiger partial charge is 0.504 e. The van der Waals surface area contributed by atoms with Crippen LogP contribution < -0.4 is 9.46 Å². The summed E-state index contributed by atoms with van der Waals surface area (Å²) in [4.78, 5) is 0. The average Bonchev–Trinajstić information content (AvgIpc) is 2.17. The van der Waals surface area contributed by atoms with Gasteiger partial charge in [0.1, 0.15) is 0 Å². The van der Waals surface area contributed by atoms with Crippen molar-refractivity contribution in [1.82, 2.24) is 0 Å². The zero-order valence-corrected chi connectivity index (χ0v) is 10.0. The van der Waals surface area contributed by atoms with Crippen LogP contribution in [0.1, 0.15) is 13.3 Å². The van der Waals surface area contributed by atoms with Gasteiger partial charge >= 0.3 is 0 Å². The number of rotatable bonds is 5. The van der Waals surface area contributed by atoms with Gasteiger partial charge in [0.2, 0.25) is 10.0 Å². The third-order valence-electron chi connectivity index (χ3n) is 1.93. The molecule has 1 aromatic carbocycles. The minimum atomic E-state index is -3.32. The van der Waals surface area contributed by atoms with Crippen molar-refractivity contribution in [3.05, 3.63) is 18.2 Å². The van der Waals surface area contributed by atoms with Crippen LogP contribution in [-0.2, 0) is 10.0 Å². The second-order valence-corrected chi connectivity index (χ2v) is 5.15. The predicted molar refractivity (Wildman–Crippen MR) is 62.4 cm³/mol. The van der Waals surface area contributed by atoms with Crippen LogP contribution in [0.4, 0.5) is 5.69 Å². The standard InChI is InChI=1S/C10H15NO4S/c1-3-6-16(13,14)11-8-4-5-10(15-2)9(12)7-8/h4-5,7,11-12H,3,6H2,1-2H3. The van der Waals surface area contributed by atoms with E-state index in [-0.39, 0.29) is 11.5 Å². The molecule has 1 aromatic rings. The van der Waals surface area contributed by atoms with Crippen molar-refractivity contribution in [2.45, 2.75) is 13.3 Å². The summed E-state index contributed by atoms with van der Waals surface area (Å²) < 4.78 is 30.1. The maximum absolute atomic E-state index is 11.4. The molecule has 0 amide bonds. The SMILES string of the molecule is CCCS(=O)(=O)Nc1ccc(OC)c(O)c1. The van der Waals surface area contributed by atoms with Gasteiger partial charge in [0.05, 0.1) is 18.6 Å². The van der Waals surface area contributed by atoms with Crippen LogP contribution in [0.15, 0.2) is 18.2 Å². The molecule has 0 atom stereocenters. The van der Waals surface area contributed by atoms with E-state index in [4.69, 9.17) is 4.74 Å². The third-order valence-corrected chi connectivity index (χ3v) is 3.42. The van der Waals surface area contributed by atoms with Gasteiger partial charge in [-0.15, -0.1) is 0 Å². The Hall–Kier alpha value is -1.43. The molecule has 0 saturated carbocycles. The Morgan fingerprint density at radius 3 is 2.62 bits per heavy atom. The number of benzene rings is 1. The molecule has 0 radical (unpaired) electrons. The zero-order chi connectivity index (χ0) is 12.2. The van der Waals surface area contributed by atoms with Crippen molar-refractivity contribution >= 4 is 15.7 Å². The Labute approximate surface area is 95.1 Å². The summed E-state index contributed by atoms with van der Waals surface area (Å²) in [7, 11) is -1.90. The number of phenolic OH excluding ortho intramolecular Hbond substituents is 1. The van der Waals surface area contributed by atoms with Crippen molar-refractivity contribution in [2.24, 2.45) is 0 Å². The number of methoxy groups -OCH3 is 1. The Balaban J connectivity index is 2.87. The van der Waals surface area contributed by atoms with Crippen molar-refractivity contribution in [1.29, 1.82) is 0 Å². The summed E-state index contributed by atoms with van der Waals surface area (Å²) >= 11 is 0. The molecule has 16 heavy (non-hydrogen) atoms. The molecular formula is C10H15NO4S. The fourth-order valence-electron chi connectivity index (χ4n) is 1.25. The van der Waals surface area contributed by atoms with Crippen LogP contribution in [-0.4, -0.2) is 26.4 Å². The summed E-state index contributed by atoms with van der Waals surface area (Å²) in [5, 5.41) is 9.46. The van der Waals surface area contributed by atoms with Gasteiger partial charge < -0.3 is 9.84 Å². The number of anilines is 1. The topological polar surface area (TPSA) is 75.6 Å². The van der Waals surface area contributed by atoms with Crippen LogP contribution >= 0.6 is 0 Å². The molecule has 0 unspecified atom stereocenters. The quantitative estimate of drug-likeness (QED) is 0.825. The molecule has 0 spiro atoms. The number of ether oxygens (including phenoxy) is 1. The van der Waals surface area contributed by atoms with E-state index in [1.807, 2.05) is 0 Å². The molecule has 1 rings (SSSR count). The third kappa shape index (κ3) is 3.30. The maximum atomic E-state index is 11.4. The molecule has 6 heteroatoms. The number of hydrogen-bond donors (Lipinski definition) is 2. The van der Waals surface area contributed by atoms with Crippen LogP contribution in [0.5, 0.6) is 11.5 Å². The van der Waals surface area contributed by atoms with Gasteiger partial charge in [-0.3, -0.25) is 4.72 Å². The van der Waals surface area contributed by atoms with Crippen molar-refractivity contribution < 1.29 is 18.3 Å². The maximum Gasteiger partial charge on any atom is 0.232 e. The summed E-state index contributed by atoms with van der Waals surface area (Å²) in [6.07, 6.45) is 0.539. The summed E-state index contributed by atoms with van der Waals surface area (Å²) in [6, 6.07) is 4.34. The first-order chi connectivity index (χ1) is 7.48. The van der Waals surface area contributed by atoms with Gasteiger partial charge in [-0.05, 0) is 18.6 Å². The van der Waals surface area contributed by atoms with Crippen molar-refractivity contribution in [3.8, 4) is 11.5 Å². The smallest absolute Gasteiger partial charge is 0.232 e. The van der Waals surface area contributed by atoms with Crippen molar-refractivity contribution in [3.63, 3.8) is 0 Å². The number of aromatic hydroxyl groups is 1. The molecule has 0 aromatic heterocycles. The molecule has 0 aliphatic heterocycles. The lowest BCUT2D eigenvalue weighted by atomic mass is 10.3. The van der Waals surface area contributed by atoms with E-state index in [0.29, 0.717) is 17.9 Å². The molecule has 0 aliphatic carbocycles. The van der Waals surface area contributed by atoms with Crippen LogP contribution in [0.3, 0.4) is 0 Å². The highest BCUT2D eigenvalue weighted by Crippen LogP contribution is 2.28. The van der Waals surface area contributed by atoms with Gasteiger partial charge in [-0.1, -0.05) is 6.92 Å². The van der Waals surface area contributed by atoms with E-state index in [2.05, 4.69) is 4.72 Å². The first-order valence-corrected chi connectivity index (χ1v) is 6.51. The molecular weight excluding hydrogens is 230 g/mol. The van der Waals surface area contributed by atoms with Crippen LogP contribution in [0.25, 0.3) is 0 Å². The highest BCUT2D eigenvalue weighted by Gasteiger charge is 2.10. The van der Waals surface area contributed by atoms with Gasteiger partial charge in [0, 0.05) is 6.07 Å². The summed E-state index contributed by atoms with van der Waals surface area (Å²) in [5.41, 5.74) is 0.326. The molecule has 90 valence electrons. The number of sulfonamides is 1. The van der Waals surface area contributed by atoms with Gasteiger partial charge in [-0.25, -0.2) is 8.42 Å². The Bertz CT molecular complexity index is 456. The minimum Gasteiger partial charge on any atom is -0.504 e. The van der Waals surface area contributed by atoms with Gasteiger partial charge in [0.15, 0.2) is 11.5 Å². The van der Waals surface area contributed by atoms with Crippen LogP contribution in [0.2, 0.25) is 0 Å². The van der Waals surface area contributed by atoms with E-state index in [1.54, 1.807) is 6.92 Å². The lowest BCUT2D eigenvalue weighted by molar-refractivity contribution is 0.373. The fourth-order valence-corrected chi connectivity index (χ4v) is 2.38. The fraction of sp³-hybridized carbons (Fsp3) is 0.400. The average molecular weight is 245 g/mol. The second kappa shape index (κ2) is 5.07.